The quantitative estimate of drug-likeness (QED) is 0.445. The van der Waals surface area contributed by atoms with Crippen LogP contribution in [0.3, 0.4) is 0 Å². The van der Waals surface area contributed by atoms with Gasteiger partial charge in [-0.1, -0.05) is 36.4 Å². The maximum Gasteiger partial charge on any atom is 0.334 e. The van der Waals surface area contributed by atoms with Crippen LogP contribution in [0.15, 0.2) is 65.8 Å². The van der Waals surface area contributed by atoms with Crippen LogP contribution >= 0.6 is 0 Å². The van der Waals surface area contributed by atoms with Crippen LogP contribution in [0.25, 0.3) is 22.2 Å². The van der Waals surface area contributed by atoms with Gasteiger partial charge in [0.2, 0.25) is 0 Å². The molecule has 0 aliphatic rings. The maximum absolute atomic E-state index is 14.6. The molecular weight excluding hydrogens is 385 g/mol. The third-order valence-electron chi connectivity index (χ3n) is 4.79. The molecule has 2 heterocycles. The SMILES string of the molecule is CCOc1cc2[nH]c(-c3ccccc3)c(Cc3cccc(C(=O)N=O)n3)c2cc1F. The van der Waals surface area contributed by atoms with Crippen LogP contribution in [0.5, 0.6) is 5.75 Å². The summed E-state index contributed by atoms with van der Waals surface area (Å²) in [5, 5.41) is 3.13. The van der Waals surface area contributed by atoms with Crippen molar-refractivity contribution in [3.8, 4) is 17.0 Å². The largest absolute Gasteiger partial charge is 0.491 e. The van der Waals surface area contributed by atoms with Crippen LogP contribution in [-0.2, 0) is 6.42 Å². The lowest BCUT2D eigenvalue weighted by molar-refractivity contribution is 0.0996. The number of hydrogen-bond acceptors (Lipinski definition) is 4. The first-order valence-corrected chi connectivity index (χ1v) is 9.46. The van der Waals surface area contributed by atoms with E-state index in [2.05, 4.69) is 15.1 Å². The predicted molar refractivity (Wildman–Crippen MR) is 112 cm³/mol. The van der Waals surface area contributed by atoms with Crippen LogP contribution in [0.4, 0.5) is 4.39 Å². The van der Waals surface area contributed by atoms with Gasteiger partial charge in [-0.3, -0.25) is 4.79 Å². The Morgan fingerprint density at radius 1 is 1.13 bits per heavy atom. The highest BCUT2D eigenvalue weighted by molar-refractivity contribution is 5.93. The zero-order chi connectivity index (χ0) is 21.1. The van der Waals surface area contributed by atoms with Crippen molar-refractivity contribution < 1.29 is 13.9 Å². The van der Waals surface area contributed by atoms with Crippen LogP contribution in [0, 0.1) is 10.7 Å². The number of nitroso groups, excluding NO2 is 1. The summed E-state index contributed by atoms with van der Waals surface area (Å²) in [4.78, 5) is 29.8. The average Bonchev–Trinajstić information content (AvgIpc) is 3.11. The van der Waals surface area contributed by atoms with E-state index in [0.29, 0.717) is 24.1 Å². The molecule has 150 valence electrons. The minimum atomic E-state index is -0.925. The van der Waals surface area contributed by atoms with Gasteiger partial charge >= 0.3 is 5.91 Å². The topological polar surface area (TPSA) is 84.4 Å². The van der Waals surface area contributed by atoms with Crippen molar-refractivity contribution in [2.24, 2.45) is 5.18 Å². The Labute approximate surface area is 171 Å². The second-order valence-electron chi connectivity index (χ2n) is 6.69. The van der Waals surface area contributed by atoms with Crippen LogP contribution in [0.2, 0.25) is 0 Å². The zero-order valence-electron chi connectivity index (χ0n) is 16.2. The van der Waals surface area contributed by atoms with Gasteiger partial charge in [0, 0.05) is 28.7 Å². The van der Waals surface area contributed by atoms with E-state index in [1.807, 2.05) is 30.3 Å². The van der Waals surface area contributed by atoms with Gasteiger partial charge in [-0.15, -0.1) is 4.91 Å². The van der Waals surface area contributed by atoms with Crippen molar-refractivity contribution in [1.29, 1.82) is 0 Å². The number of halogens is 1. The number of nitrogens with zero attached hydrogens (tertiary/aromatic N) is 2. The number of hydrogen-bond donors (Lipinski definition) is 1. The fourth-order valence-corrected chi connectivity index (χ4v) is 3.48. The molecule has 0 bridgehead atoms. The molecular formula is C23H18FN3O3. The Morgan fingerprint density at radius 2 is 1.93 bits per heavy atom. The van der Waals surface area contributed by atoms with Gasteiger partial charge in [-0.05, 0) is 36.2 Å². The van der Waals surface area contributed by atoms with Gasteiger partial charge in [0.25, 0.3) is 0 Å². The highest BCUT2D eigenvalue weighted by Crippen LogP contribution is 2.35. The van der Waals surface area contributed by atoms with Crippen molar-refractivity contribution in [2.45, 2.75) is 13.3 Å². The molecule has 0 aliphatic heterocycles. The van der Waals surface area contributed by atoms with E-state index in [4.69, 9.17) is 4.74 Å². The van der Waals surface area contributed by atoms with Crippen molar-refractivity contribution in [1.82, 2.24) is 9.97 Å². The van der Waals surface area contributed by atoms with Crippen molar-refractivity contribution >= 4 is 16.8 Å². The molecule has 30 heavy (non-hydrogen) atoms. The van der Waals surface area contributed by atoms with Crippen molar-refractivity contribution in [3.63, 3.8) is 0 Å². The Morgan fingerprint density at radius 3 is 2.67 bits per heavy atom. The monoisotopic (exact) mass is 403 g/mol. The molecule has 4 aromatic rings. The van der Waals surface area contributed by atoms with Crippen LogP contribution in [0.1, 0.15) is 28.7 Å². The zero-order valence-corrected chi connectivity index (χ0v) is 16.2. The third-order valence-corrected chi connectivity index (χ3v) is 4.79. The summed E-state index contributed by atoms with van der Waals surface area (Å²) in [6.07, 6.45) is 0.331. The molecule has 0 unspecified atom stereocenters. The molecule has 6 nitrogen and oxygen atoms in total. The van der Waals surface area contributed by atoms with E-state index in [1.165, 1.54) is 12.1 Å². The van der Waals surface area contributed by atoms with Gasteiger partial charge in [-0.2, -0.15) is 0 Å². The third kappa shape index (κ3) is 3.69. The lowest BCUT2D eigenvalue weighted by atomic mass is 10.0. The number of rotatable bonds is 6. The van der Waals surface area contributed by atoms with E-state index in [9.17, 15) is 14.1 Å². The highest BCUT2D eigenvalue weighted by Gasteiger charge is 2.18. The minimum absolute atomic E-state index is 0.0200. The molecule has 0 aliphatic carbocycles. The molecule has 2 aromatic carbocycles. The number of aromatic nitrogens is 2. The summed E-state index contributed by atoms with van der Waals surface area (Å²) in [6, 6.07) is 17.6. The fourth-order valence-electron chi connectivity index (χ4n) is 3.48. The first-order chi connectivity index (χ1) is 14.6. The Balaban J connectivity index is 1.87. The minimum Gasteiger partial charge on any atom is -0.491 e. The first kappa shape index (κ1) is 19.4. The Kier molecular flexibility index (Phi) is 5.34. The van der Waals surface area contributed by atoms with Gasteiger partial charge in [0.05, 0.1) is 17.8 Å². The first-order valence-electron chi connectivity index (χ1n) is 9.46. The number of benzene rings is 2. The number of H-pyrrole nitrogens is 1. The molecule has 0 radical (unpaired) electrons. The normalized spacial score (nSPS) is 10.9. The maximum atomic E-state index is 14.6. The summed E-state index contributed by atoms with van der Waals surface area (Å²) in [5.74, 6) is -1.20. The Bertz CT molecular complexity index is 1240. The molecule has 1 amide bonds. The second-order valence-corrected chi connectivity index (χ2v) is 6.69. The number of fused-ring (bicyclic) bond motifs is 1. The number of nitrogens with one attached hydrogen (secondary N) is 1. The number of amides is 1. The number of ether oxygens (including phenoxy) is 1. The molecule has 0 fully saturated rings. The van der Waals surface area contributed by atoms with E-state index in [1.54, 1.807) is 25.1 Å². The van der Waals surface area contributed by atoms with E-state index >= 15 is 0 Å². The summed E-state index contributed by atoms with van der Waals surface area (Å²) >= 11 is 0. The number of carbonyl (C=O) groups is 1. The standard InChI is InChI=1S/C23H18FN3O3/c1-2-30-21-13-20-16(12-18(21)24)17(22(26-20)14-7-4-3-5-8-14)11-15-9-6-10-19(25-15)23(28)27-29/h3-10,12-13,26H,2,11H2,1H3. The van der Waals surface area contributed by atoms with Crippen LogP contribution in [-0.4, -0.2) is 22.5 Å². The van der Waals surface area contributed by atoms with Gasteiger partial charge in [-0.25, -0.2) is 9.37 Å². The lowest BCUT2D eigenvalue weighted by Gasteiger charge is -2.07. The fraction of sp³-hybridized carbons (Fsp3) is 0.130. The van der Waals surface area contributed by atoms with Gasteiger partial charge < -0.3 is 9.72 Å². The average molecular weight is 403 g/mol. The summed E-state index contributed by atoms with van der Waals surface area (Å²) in [7, 11) is 0. The number of carbonyl (C=O) groups excluding carboxylic acids is 1. The molecule has 0 spiro atoms. The molecule has 0 atom stereocenters. The molecule has 1 N–H and O–H groups in total. The van der Waals surface area contributed by atoms with Crippen molar-refractivity contribution in [3.05, 3.63) is 88.3 Å². The Hall–Kier alpha value is -3.87. The molecule has 4 rings (SSSR count). The van der Waals surface area contributed by atoms with Crippen LogP contribution < -0.4 is 4.74 Å². The predicted octanol–water partition coefficient (Wildman–Crippen LogP) is 5.27. The number of aromatic amines is 1. The summed E-state index contributed by atoms with van der Waals surface area (Å²) in [6.45, 7) is 2.16. The summed E-state index contributed by atoms with van der Waals surface area (Å²) in [5.41, 5.74) is 3.87. The smallest absolute Gasteiger partial charge is 0.334 e. The van der Waals surface area contributed by atoms with E-state index in [-0.39, 0.29) is 11.4 Å². The van der Waals surface area contributed by atoms with E-state index < -0.39 is 11.7 Å². The van der Waals surface area contributed by atoms with Crippen molar-refractivity contribution in [2.75, 3.05) is 6.61 Å². The summed E-state index contributed by atoms with van der Waals surface area (Å²) < 4.78 is 20.0. The highest BCUT2D eigenvalue weighted by atomic mass is 19.1. The second kappa shape index (κ2) is 8.24. The molecule has 2 aromatic heterocycles. The van der Waals surface area contributed by atoms with E-state index in [0.717, 1.165) is 22.3 Å². The molecule has 0 saturated heterocycles. The van der Waals surface area contributed by atoms with Gasteiger partial charge in [0.15, 0.2) is 11.6 Å². The number of pyridine rings is 1. The molecule has 0 saturated carbocycles. The van der Waals surface area contributed by atoms with Gasteiger partial charge in [0.1, 0.15) is 5.69 Å². The lowest BCUT2D eigenvalue weighted by Crippen LogP contribution is -2.02. The molecule has 7 heteroatoms.